The van der Waals surface area contributed by atoms with E-state index in [4.69, 9.17) is 15.4 Å². The summed E-state index contributed by atoms with van der Waals surface area (Å²) < 4.78 is 41.2. The van der Waals surface area contributed by atoms with Crippen LogP contribution in [0.2, 0.25) is 0 Å². The normalized spacial score (nSPS) is 22.2. The van der Waals surface area contributed by atoms with Crippen LogP contribution >= 0.6 is 10.7 Å². The van der Waals surface area contributed by atoms with E-state index in [9.17, 15) is 17.6 Å². The summed E-state index contributed by atoms with van der Waals surface area (Å²) in [6, 6.07) is 3.05. The third-order valence-corrected chi connectivity index (χ3v) is 4.85. The van der Waals surface area contributed by atoms with Crippen LogP contribution in [-0.4, -0.2) is 33.6 Å². The molecule has 0 aliphatic carbocycles. The molecule has 0 saturated carbocycles. The predicted molar refractivity (Wildman–Crippen MR) is 75.3 cm³/mol. The van der Waals surface area contributed by atoms with Crippen molar-refractivity contribution in [3.05, 3.63) is 29.6 Å². The van der Waals surface area contributed by atoms with E-state index in [1.165, 1.54) is 6.07 Å². The molecular formula is C13H15ClFNO4S. The number of carbonyl (C=O) groups is 1. The Hall–Kier alpha value is -1.18. The van der Waals surface area contributed by atoms with Gasteiger partial charge >= 0.3 is 0 Å². The second-order valence-electron chi connectivity index (χ2n) is 4.92. The van der Waals surface area contributed by atoms with Gasteiger partial charge in [-0.25, -0.2) is 12.8 Å². The van der Waals surface area contributed by atoms with E-state index in [1.54, 1.807) is 0 Å². The first kappa shape index (κ1) is 16.2. The van der Waals surface area contributed by atoms with E-state index in [0.717, 1.165) is 18.6 Å². The summed E-state index contributed by atoms with van der Waals surface area (Å²) in [5.74, 6) is -1.25. The fourth-order valence-electron chi connectivity index (χ4n) is 2.20. The Kier molecular flexibility index (Phi) is 4.85. The maximum absolute atomic E-state index is 13.4. The Bertz CT molecular complexity index is 650. The topological polar surface area (TPSA) is 72.5 Å². The monoisotopic (exact) mass is 335 g/mol. The molecule has 1 heterocycles. The minimum Gasteiger partial charge on any atom is -0.378 e. The average molecular weight is 336 g/mol. The molecule has 1 amide bonds. The Labute approximate surface area is 126 Å². The van der Waals surface area contributed by atoms with Crippen LogP contribution in [0.4, 0.5) is 4.39 Å². The van der Waals surface area contributed by atoms with E-state index in [1.807, 2.05) is 6.92 Å². The number of ether oxygens (including phenoxy) is 1. The lowest BCUT2D eigenvalue weighted by atomic mass is 10.0. The van der Waals surface area contributed by atoms with Gasteiger partial charge < -0.3 is 10.1 Å². The Morgan fingerprint density at radius 1 is 1.52 bits per heavy atom. The van der Waals surface area contributed by atoms with Crippen molar-refractivity contribution < 1.29 is 22.3 Å². The summed E-state index contributed by atoms with van der Waals surface area (Å²) in [6.45, 7) is 3.01. The highest BCUT2D eigenvalue weighted by atomic mass is 35.7. The SMILES string of the molecule is CC1OCCC1CNC(=O)c1ccc(F)c(S(=O)(=O)Cl)c1. The molecule has 1 aliphatic rings. The molecular weight excluding hydrogens is 321 g/mol. The molecule has 1 aromatic rings. The minimum absolute atomic E-state index is 0.0437. The summed E-state index contributed by atoms with van der Waals surface area (Å²) in [7, 11) is 0.893. The number of hydrogen-bond acceptors (Lipinski definition) is 4. The molecule has 116 valence electrons. The van der Waals surface area contributed by atoms with Crippen LogP contribution in [0.15, 0.2) is 23.1 Å². The highest BCUT2D eigenvalue weighted by Gasteiger charge is 2.25. The third kappa shape index (κ3) is 3.93. The van der Waals surface area contributed by atoms with Gasteiger partial charge in [-0.05, 0) is 31.5 Å². The highest BCUT2D eigenvalue weighted by Crippen LogP contribution is 2.21. The van der Waals surface area contributed by atoms with Crippen LogP contribution in [0.5, 0.6) is 0 Å². The van der Waals surface area contributed by atoms with Gasteiger partial charge in [0.15, 0.2) is 0 Å². The van der Waals surface area contributed by atoms with Crippen LogP contribution in [0.3, 0.4) is 0 Å². The van der Waals surface area contributed by atoms with Gasteiger partial charge in [-0.1, -0.05) is 0 Å². The highest BCUT2D eigenvalue weighted by molar-refractivity contribution is 8.13. The van der Waals surface area contributed by atoms with Crippen LogP contribution in [-0.2, 0) is 13.8 Å². The van der Waals surface area contributed by atoms with Crippen LogP contribution < -0.4 is 5.32 Å². The van der Waals surface area contributed by atoms with Gasteiger partial charge in [-0.2, -0.15) is 0 Å². The number of halogens is 2. The first-order valence-corrected chi connectivity index (χ1v) is 8.74. The van der Waals surface area contributed by atoms with Crippen molar-refractivity contribution in [1.82, 2.24) is 5.32 Å². The first-order valence-electron chi connectivity index (χ1n) is 6.43. The molecule has 21 heavy (non-hydrogen) atoms. The largest absolute Gasteiger partial charge is 0.378 e. The lowest BCUT2D eigenvalue weighted by molar-refractivity contribution is 0.0907. The summed E-state index contributed by atoms with van der Waals surface area (Å²) in [4.78, 5) is 11.3. The number of rotatable bonds is 4. The third-order valence-electron chi connectivity index (χ3n) is 3.51. The van der Waals surface area contributed by atoms with Crippen molar-refractivity contribution in [1.29, 1.82) is 0 Å². The van der Waals surface area contributed by atoms with Gasteiger partial charge in [-0.15, -0.1) is 0 Å². The van der Waals surface area contributed by atoms with Gasteiger partial charge in [-0.3, -0.25) is 4.79 Å². The maximum Gasteiger partial charge on any atom is 0.264 e. The van der Waals surface area contributed by atoms with Gasteiger partial charge in [0.25, 0.3) is 15.0 Å². The number of amides is 1. The maximum atomic E-state index is 13.4. The van der Waals surface area contributed by atoms with Crippen LogP contribution in [0.25, 0.3) is 0 Å². The molecule has 1 fully saturated rings. The summed E-state index contributed by atoms with van der Waals surface area (Å²) in [6.07, 6.45) is 0.920. The second-order valence-corrected chi connectivity index (χ2v) is 7.45. The van der Waals surface area contributed by atoms with Gasteiger partial charge in [0.05, 0.1) is 6.10 Å². The van der Waals surface area contributed by atoms with E-state index in [-0.39, 0.29) is 17.6 Å². The zero-order chi connectivity index (χ0) is 15.6. The molecule has 0 aromatic heterocycles. The molecule has 2 atom stereocenters. The van der Waals surface area contributed by atoms with Crippen LogP contribution in [0, 0.1) is 11.7 Å². The summed E-state index contributed by atoms with van der Waals surface area (Å²) >= 11 is 0. The predicted octanol–water partition coefficient (Wildman–Crippen LogP) is 1.91. The summed E-state index contributed by atoms with van der Waals surface area (Å²) in [5.41, 5.74) is 0.0437. The number of nitrogens with one attached hydrogen (secondary N) is 1. The van der Waals surface area contributed by atoms with Crippen LogP contribution in [0.1, 0.15) is 23.7 Å². The molecule has 2 rings (SSSR count). The number of carbonyl (C=O) groups excluding carboxylic acids is 1. The van der Waals surface area contributed by atoms with Gasteiger partial charge in [0, 0.05) is 35.3 Å². The molecule has 0 radical (unpaired) electrons. The van der Waals surface area contributed by atoms with Crippen molar-refractivity contribution in [2.45, 2.75) is 24.3 Å². The van der Waals surface area contributed by atoms with Crippen molar-refractivity contribution in [2.24, 2.45) is 5.92 Å². The van der Waals surface area contributed by atoms with Crippen molar-refractivity contribution in [2.75, 3.05) is 13.2 Å². The number of hydrogen-bond donors (Lipinski definition) is 1. The van der Waals surface area contributed by atoms with Crippen molar-refractivity contribution in [3.63, 3.8) is 0 Å². The van der Waals surface area contributed by atoms with Crippen molar-refractivity contribution >= 4 is 25.6 Å². The lowest BCUT2D eigenvalue weighted by Gasteiger charge is -2.14. The molecule has 2 unspecified atom stereocenters. The quantitative estimate of drug-likeness (QED) is 0.853. The smallest absolute Gasteiger partial charge is 0.264 e. The molecule has 1 aromatic carbocycles. The second kappa shape index (κ2) is 6.29. The molecule has 5 nitrogen and oxygen atoms in total. The Balaban J connectivity index is 2.09. The zero-order valence-corrected chi connectivity index (χ0v) is 12.9. The molecule has 0 spiro atoms. The van der Waals surface area contributed by atoms with Crippen molar-refractivity contribution in [3.8, 4) is 0 Å². The van der Waals surface area contributed by atoms with E-state index in [2.05, 4.69) is 5.32 Å². The molecule has 1 saturated heterocycles. The Morgan fingerprint density at radius 2 is 2.24 bits per heavy atom. The standard InChI is InChI=1S/C13H15ClFNO4S/c1-8-10(4-5-20-8)7-16-13(17)9-2-3-11(15)12(6-9)21(14,18)19/h2-3,6,8,10H,4-5,7H2,1H3,(H,16,17). The lowest BCUT2D eigenvalue weighted by Crippen LogP contribution is -2.32. The Morgan fingerprint density at radius 3 is 2.81 bits per heavy atom. The fourth-order valence-corrected chi connectivity index (χ4v) is 3.12. The summed E-state index contributed by atoms with van der Waals surface area (Å²) in [5, 5.41) is 2.69. The van der Waals surface area contributed by atoms with E-state index >= 15 is 0 Å². The molecule has 1 aliphatic heterocycles. The first-order chi connectivity index (χ1) is 9.79. The van der Waals surface area contributed by atoms with Gasteiger partial charge in [0.2, 0.25) is 0 Å². The zero-order valence-electron chi connectivity index (χ0n) is 11.3. The van der Waals surface area contributed by atoms with Gasteiger partial charge in [0.1, 0.15) is 10.7 Å². The fraction of sp³-hybridized carbons (Fsp3) is 0.462. The number of benzene rings is 1. The average Bonchev–Trinajstić information content (AvgIpc) is 2.80. The van der Waals surface area contributed by atoms with E-state index < -0.39 is 25.7 Å². The minimum atomic E-state index is -4.23. The molecule has 8 heteroatoms. The molecule has 0 bridgehead atoms. The molecule has 1 N–H and O–H groups in total. The van der Waals surface area contributed by atoms with E-state index in [0.29, 0.717) is 13.2 Å².